The molecule has 0 unspecified atom stereocenters. The van der Waals surface area contributed by atoms with Gasteiger partial charge in [-0.2, -0.15) is 0 Å². The summed E-state index contributed by atoms with van der Waals surface area (Å²) in [7, 11) is 0. The van der Waals surface area contributed by atoms with Crippen molar-refractivity contribution in [3.8, 4) is 5.75 Å². The van der Waals surface area contributed by atoms with Gasteiger partial charge in [0.15, 0.2) is 0 Å². The third-order valence-corrected chi connectivity index (χ3v) is 3.15. The minimum Gasteiger partial charge on any atom is -0.486 e. The maximum absolute atomic E-state index is 5.72. The summed E-state index contributed by atoms with van der Waals surface area (Å²) >= 11 is 3.50. The highest BCUT2D eigenvalue weighted by Gasteiger charge is 2.03. The molecule has 0 aliphatic carbocycles. The quantitative estimate of drug-likeness (QED) is 0.924. The van der Waals surface area contributed by atoms with E-state index >= 15 is 0 Å². The molecule has 0 radical (unpaired) electrons. The molecular weight excluding hydrogens is 292 g/mol. The van der Waals surface area contributed by atoms with Gasteiger partial charge in [-0.3, -0.25) is 4.98 Å². The molecule has 0 atom stereocenters. The summed E-state index contributed by atoms with van der Waals surface area (Å²) < 4.78 is 6.66. The van der Waals surface area contributed by atoms with Crippen molar-refractivity contribution in [2.24, 2.45) is 5.73 Å². The van der Waals surface area contributed by atoms with E-state index in [1.54, 1.807) is 6.20 Å². The molecule has 4 heteroatoms. The molecule has 0 aliphatic heterocycles. The molecule has 18 heavy (non-hydrogen) atoms. The van der Waals surface area contributed by atoms with Gasteiger partial charge in [-0.25, -0.2) is 0 Å². The van der Waals surface area contributed by atoms with E-state index in [0.717, 1.165) is 22.3 Å². The van der Waals surface area contributed by atoms with Crippen LogP contribution >= 0.6 is 15.9 Å². The van der Waals surface area contributed by atoms with E-state index in [9.17, 15) is 0 Å². The normalized spacial score (nSPS) is 10.3. The smallest absolute Gasteiger partial charge is 0.134 e. The first-order valence-electron chi connectivity index (χ1n) is 5.81. The summed E-state index contributed by atoms with van der Waals surface area (Å²) in [6.07, 6.45) is 2.64. The largest absolute Gasteiger partial charge is 0.486 e. The first-order valence-corrected chi connectivity index (χ1v) is 6.60. The number of hydrogen-bond acceptors (Lipinski definition) is 3. The van der Waals surface area contributed by atoms with Crippen LogP contribution < -0.4 is 10.5 Å². The minimum absolute atomic E-state index is 0.468. The molecule has 2 N–H and O–H groups in total. The molecule has 0 bridgehead atoms. The lowest BCUT2D eigenvalue weighted by Gasteiger charge is -2.09. The van der Waals surface area contributed by atoms with Gasteiger partial charge in [-0.15, -0.1) is 0 Å². The number of benzene rings is 1. The molecule has 2 aromatic rings. The van der Waals surface area contributed by atoms with E-state index in [4.69, 9.17) is 10.5 Å². The highest BCUT2D eigenvalue weighted by atomic mass is 79.9. The fourth-order valence-corrected chi connectivity index (χ4v) is 2.16. The fraction of sp³-hybridized carbons (Fsp3) is 0.214. The zero-order valence-corrected chi connectivity index (χ0v) is 11.6. The second-order valence-electron chi connectivity index (χ2n) is 3.91. The van der Waals surface area contributed by atoms with Crippen LogP contribution in [0.15, 0.2) is 47.1 Å². The molecule has 1 heterocycles. The Morgan fingerprint density at radius 3 is 2.78 bits per heavy atom. The second kappa shape index (κ2) is 6.52. The lowest BCUT2D eigenvalue weighted by Crippen LogP contribution is -2.03. The Kier molecular flexibility index (Phi) is 4.73. The van der Waals surface area contributed by atoms with E-state index in [1.807, 2.05) is 36.4 Å². The Hall–Kier alpha value is -1.39. The van der Waals surface area contributed by atoms with Crippen molar-refractivity contribution in [2.75, 3.05) is 6.54 Å². The number of halogens is 1. The fourth-order valence-electron chi connectivity index (χ4n) is 1.62. The standard InChI is InChI=1S/C14H15BrN2O/c15-13-9-11(6-7-16)4-5-14(13)18-10-12-3-1-2-8-17-12/h1-5,8-9H,6-7,10,16H2. The summed E-state index contributed by atoms with van der Waals surface area (Å²) in [5.41, 5.74) is 7.64. The minimum atomic E-state index is 0.468. The summed E-state index contributed by atoms with van der Waals surface area (Å²) in [5.74, 6) is 0.821. The van der Waals surface area contributed by atoms with E-state index in [0.29, 0.717) is 13.2 Å². The Bertz CT molecular complexity index is 502. The van der Waals surface area contributed by atoms with Crippen LogP contribution in [0.5, 0.6) is 5.75 Å². The summed E-state index contributed by atoms with van der Waals surface area (Å²) in [4.78, 5) is 4.21. The van der Waals surface area contributed by atoms with Gasteiger partial charge in [-0.05, 0) is 58.7 Å². The van der Waals surface area contributed by atoms with Gasteiger partial charge in [0.25, 0.3) is 0 Å². The lowest BCUT2D eigenvalue weighted by atomic mass is 10.1. The van der Waals surface area contributed by atoms with E-state index < -0.39 is 0 Å². The first-order chi connectivity index (χ1) is 8.79. The van der Waals surface area contributed by atoms with Crippen LogP contribution in [0.1, 0.15) is 11.3 Å². The molecule has 0 spiro atoms. The second-order valence-corrected chi connectivity index (χ2v) is 4.77. The molecule has 1 aromatic carbocycles. The number of rotatable bonds is 5. The molecule has 1 aromatic heterocycles. The monoisotopic (exact) mass is 306 g/mol. The maximum atomic E-state index is 5.72. The van der Waals surface area contributed by atoms with Crippen molar-refractivity contribution < 1.29 is 4.74 Å². The first kappa shape index (κ1) is 13.1. The highest BCUT2D eigenvalue weighted by molar-refractivity contribution is 9.10. The van der Waals surface area contributed by atoms with Crippen LogP contribution in [-0.4, -0.2) is 11.5 Å². The molecule has 2 rings (SSSR count). The van der Waals surface area contributed by atoms with Gasteiger partial charge in [-0.1, -0.05) is 12.1 Å². The lowest BCUT2D eigenvalue weighted by molar-refractivity contribution is 0.299. The molecule has 0 saturated heterocycles. The number of nitrogens with zero attached hydrogens (tertiary/aromatic N) is 1. The van der Waals surface area contributed by atoms with Gasteiger partial charge in [0.2, 0.25) is 0 Å². The van der Waals surface area contributed by atoms with Crippen LogP contribution in [0, 0.1) is 0 Å². The Balaban J connectivity index is 2.01. The Morgan fingerprint density at radius 1 is 1.22 bits per heavy atom. The van der Waals surface area contributed by atoms with Crippen molar-refractivity contribution in [3.05, 3.63) is 58.3 Å². The van der Waals surface area contributed by atoms with Crippen molar-refractivity contribution in [1.82, 2.24) is 4.98 Å². The van der Waals surface area contributed by atoms with Crippen LogP contribution in [0.2, 0.25) is 0 Å². The molecule has 0 fully saturated rings. The van der Waals surface area contributed by atoms with E-state index in [1.165, 1.54) is 5.56 Å². The summed E-state index contributed by atoms with van der Waals surface area (Å²) in [6.45, 7) is 1.12. The molecule has 94 valence electrons. The van der Waals surface area contributed by atoms with Crippen molar-refractivity contribution in [2.45, 2.75) is 13.0 Å². The van der Waals surface area contributed by atoms with Crippen LogP contribution in [0.4, 0.5) is 0 Å². The predicted molar refractivity (Wildman–Crippen MR) is 75.5 cm³/mol. The highest BCUT2D eigenvalue weighted by Crippen LogP contribution is 2.26. The van der Waals surface area contributed by atoms with Crippen molar-refractivity contribution >= 4 is 15.9 Å². The van der Waals surface area contributed by atoms with Gasteiger partial charge < -0.3 is 10.5 Å². The summed E-state index contributed by atoms with van der Waals surface area (Å²) in [5, 5.41) is 0. The SMILES string of the molecule is NCCc1ccc(OCc2ccccn2)c(Br)c1. The van der Waals surface area contributed by atoms with Gasteiger partial charge in [0.1, 0.15) is 12.4 Å². The van der Waals surface area contributed by atoms with Gasteiger partial charge in [0, 0.05) is 6.20 Å². The third kappa shape index (κ3) is 3.55. The van der Waals surface area contributed by atoms with E-state index in [-0.39, 0.29) is 0 Å². The topological polar surface area (TPSA) is 48.1 Å². The van der Waals surface area contributed by atoms with Gasteiger partial charge in [0.05, 0.1) is 10.2 Å². The van der Waals surface area contributed by atoms with Gasteiger partial charge >= 0.3 is 0 Å². The average Bonchev–Trinajstić information content (AvgIpc) is 2.39. The number of hydrogen-bond donors (Lipinski definition) is 1. The number of ether oxygens (including phenoxy) is 1. The average molecular weight is 307 g/mol. The number of pyridine rings is 1. The predicted octanol–water partition coefficient (Wildman–Crippen LogP) is 2.92. The number of nitrogens with two attached hydrogens (primary N) is 1. The molecular formula is C14H15BrN2O. The zero-order chi connectivity index (χ0) is 12.8. The third-order valence-electron chi connectivity index (χ3n) is 2.53. The van der Waals surface area contributed by atoms with Crippen LogP contribution in [-0.2, 0) is 13.0 Å². The summed E-state index contributed by atoms with van der Waals surface area (Å²) in [6, 6.07) is 11.8. The zero-order valence-electron chi connectivity index (χ0n) is 9.97. The van der Waals surface area contributed by atoms with Crippen molar-refractivity contribution in [3.63, 3.8) is 0 Å². The molecule has 0 amide bonds. The number of aromatic nitrogens is 1. The molecule has 0 aliphatic rings. The molecule has 3 nitrogen and oxygen atoms in total. The van der Waals surface area contributed by atoms with Crippen molar-refractivity contribution in [1.29, 1.82) is 0 Å². The van der Waals surface area contributed by atoms with Crippen LogP contribution in [0.25, 0.3) is 0 Å². The molecule has 0 saturated carbocycles. The van der Waals surface area contributed by atoms with Crippen LogP contribution in [0.3, 0.4) is 0 Å². The Labute approximate surface area is 115 Å². The Morgan fingerprint density at radius 2 is 2.11 bits per heavy atom. The van der Waals surface area contributed by atoms with E-state index in [2.05, 4.69) is 20.9 Å². The maximum Gasteiger partial charge on any atom is 0.134 e.